The van der Waals surface area contributed by atoms with E-state index in [2.05, 4.69) is 15.1 Å². The Labute approximate surface area is 156 Å². The molecule has 1 fully saturated rings. The molecule has 1 aromatic carbocycles. The molecule has 2 aromatic rings. The van der Waals surface area contributed by atoms with Crippen molar-refractivity contribution < 1.29 is 24.9 Å². The van der Waals surface area contributed by atoms with Crippen LogP contribution in [0.2, 0.25) is 0 Å². The van der Waals surface area contributed by atoms with Crippen molar-refractivity contribution >= 4 is 12.4 Å². The van der Waals surface area contributed by atoms with Gasteiger partial charge in [-0.3, -0.25) is 9.59 Å². The highest BCUT2D eigenvalue weighted by Gasteiger charge is 2.49. The number of rotatable bonds is 6. The summed E-state index contributed by atoms with van der Waals surface area (Å²) in [6.45, 7) is 2.17. The fourth-order valence-corrected chi connectivity index (χ4v) is 3.37. The number of aromatic nitrogens is 3. The summed E-state index contributed by atoms with van der Waals surface area (Å²) in [4.78, 5) is 22.5. The van der Waals surface area contributed by atoms with Crippen LogP contribution < -0.4 is 0 Å². The maximum absolute atomic E-state index is 12.1. The first-order valence-electron chi connectivity index (χ1n) is 8.60. The Kier molecular flexibility index (Phi) is 7.44. The number of aliphatic hydroxyl groups is 1. The van der Waals surface area contributed by atoms with E-state index in [1.165, 1.54) is 0 Å². The second-order valence-electron chi connectivity index (χ2n) is 6.51. The number of benzene rings is 1. The van der Waals surface area contributed by atoms with Crippen LogP contribution in [0.1, 0.15) is 12.0 Å². The molecule has 0 unspecified atom stereocenters. The number of nitrogens with zero attached hydrogens (tertiary/aromatic N) is 4. The summed E-state index contributed by atoms with van der Waals surface area (Å²) in [5, 5.41) is 34.8. The van der Waals surface area contributed by atoms with E-state index in [0.717, 1.165) is 5.56 Å². The van der Waals surface area contributed by atoms with Gasteiger partial charge < -0.3 is 24.8 Å². The minimum absolute atomic E-state index is 0.250. The number of hydrogen-bond acceptors (Lipinski definition) is 6. The van der Waals surface area contributed by atoms with Crippen LogP contribution in [0.4, 0.5) is 0 Å². The van der Waals surface area contributed by atoms with Crippen molar-refractivity contribution in [1.82, 2.24) is 19.7 Å². The quantitative estimate of drug-likeness (QED) is 0.617. The monoisotopic (exact) mass is 376 g/mol. The van der Waals surface area contributed by atoms with Gasteiger partial charge in [0.15, 0.2) is 0 Å². The van der Waals surface area contributed by atoms with E-state index in [1.807, 2.05) is 34.9 Å². The topological polar surface area (TPSA) is 129 Å². The molecule has 0 spiro atoms. The predicted molar refractivity (Wildman–Crippen MR) is 96.0 cm³/mol. The number of carbonyl (C=O) groups is 2. The molecule has 0 saturated carbocycles. The van der Waals surface area contributed by atoms with E-state index >= 15 is 0 Å². The molecule has 2 heterocycles. The molecule has 0 aliphatic carbocycles. The fraction of sp³-hybridized carbons (Fsp3) is 0.444. The lowest BCUT2D eigenvalue weighted by Crippen LogP contribution is -2.57. The molecule has 2 atom stereocenters. The van der Waals surface area contributed by atoms with Crippen molar-refractivity contribution in [2.24, 2.45) is 5.41 Å². The largest absolute Gasteiger partial charge is 0.483 e. The maximum Gasteiger partial charge on any atom is 0.313 e. The summed E-state index contributed by atoms with van der Waals surface area (Å²) in [5.41, 5.74) is -0.244. The minimum Gasteiger partial charge on any atom is -0.483 e. The molecule has 0 amide bonds. The van der Waals surface area contributed by atoms with Crippen LogP contribution in [0, 0.1) is 5.41 Å². The zero-order chi connectivity index (χ0) is 19.7. The summed E-state index contributed by atoms with van der Waals surface area (Å²) < 4.78 is 1.87. The van der Waals surface area contributed by atoms with E-state index in [-0.39, 0.29) is 6.47 Å². The van der Waals surface area contributed by atoms with Gasteiger partial charge in [0.25, 0.3) is 6.47 Å². The maximum atomic E-state index is 12.1. The molecule has 9 nitrogen and oxygen atoms in total. The van der Waals surface area contributed by atoms with Gasteiger partial charge in [-0.2, -0.15) is 0 Å². The average molecular weight is 376 g/mol. The van der Waals surface area contributed by atoms with Crippen LogP contribution >= 0.6 is 0 Å². The van der Waals surface area contributed by atoms with Gasteiger partial charge in [0.2, 0.25) is 0 Å². The Morgan fingerprint density at radius 2 is 1.85 bits per heavy atom. The van der Waals surface area contributed by atoms with Crippen molar-refractivity contribution in [2.75, 3.05) is 19.6 Å². The third-order valence-electron chi connectivity index (χ3n) is 4.79. The molecule has 1 saturated heterocycles. The number of aliphatic carboxylic acids is 1. The highest BCUT2D eigenvalue weighted by molar-refractivity contribution is 5.76. The van der Waals surface area contributed by atoms with Gasteiger partial charge in [-0.1, -0.05) is 30.3 Å². The number of likely N-dealkylation sites (tertiary alicyclic amines) is 1. The standard InChI is InChI=1S/C17H22N4O3.CH2O2/c22-15-6-7-20(8-9-21-12-18-19-13-21)11-17(15,16(23)24)10-14-4-2-1-3-5-14;2-1-3/h1-5,12-13,15,22H,6-11H2,(H,23,24);1H,(H,2,3)/t15-,17-;/m1./s1. The SMILES string of the molecule is O=C(O)[C@]1(Cc2ccccc2)CN(CCn2cnnc2)CC[C@H]1O.O=CO. The minimum atomic E-state index is -1.17. The lowest BCUT2D eigenvalue weighted by molar-refractivity contribution is -0.163. The zero-order valence-corrected chi connectivity index (χ0v) is 14.9. The van der Waals surface area contributed by atoms with Crippen LogP contribution in [0.25, 0.3) is 0 Å². The van der Waals surface area contributed by atoms with E-state index < -0.39 is 17.5 Å². The third kappa shape index (κ3) is 5.35. The summed E-state index contributed by atoms with van der Waals surface area (Å²) in [6.07, 6.45) is 3.23. The lowest BCUT2D eigenvalue weighted by atomic mass is 9.73. The van der Waals surface area contributed by atoms with Gasteiger partial charge >= 0.3 is 5.97 Å². The summed E-state index contributed by atoms with van der Waals surface area (Å²) in [7, 11) is 0. The van der Waals surface area contributed by atoms with Crippen molar-refractivity contribution in [2.45, 2.75) is 25.5 Å². The molecule has 0 radical (unpaired) electrons. The molecule has 146 valence electrons. The predicted octanol–water partition coefficient (Wildman–Crippen LogP) is 0.359. The normalized spacial score (nSPS) is 22.5. The first kappa shape index (κ1) is 20.5. The van der Waals surface area contributed by atoms with Crippen LogP contribution in [0.3, 0.4) is 0 Å². The van der Waals surface area contributed by atoms with Crippen LogP contribution in [0.15, 0.2) is 43.0 Å². The van der Waals surface area contributed by atoms with Crippen LogP contribution in [0.5, 0.6) is 0 Å². The van der Waals surface area contributed by atoms with Gasteiger partial charge in [0.05, 0.1) is 6.10 Å². The molecule has 1 aromatic heterocycles. The highest BCUT2D eigenvalue weighted by Crippen LogP contribution is 2.34. The van der Waals surface area contributed by atoms with Crippen molar-refractivity contribution in [3.8, 4) is 0 Å². The second kappa shape index (κ2) is 9.79. The first-order valence-corrected chi connectivity index (χ1v) is 8.60. The Morgan fingerprint density at radius 3 is 2.44 bits per heavy atom. The summed E-state index contributed by atoms with van der Waals surface area (Å²) in [5.74, 6) is -0.937. The molecule has 27 heavy (non-hydrogen) atoms. The lowest BCUT2D eigenvalue weighted by Gasteiger charge is -2.43. The summed E-state index contributed by atoms with van der Waals surface area (Å²) >= 11 is 0. The van der Waals surface area contributed by atoms with Gasteiger partial charge in [-0.25, -0.2) is 0 Å². The van der Waals surface area contributed by atoms with Gasteiger partial charge in [0, 0.05) is 26.2 Å². The molecular formula is C18H24N4O5. The average Bonchev–Trinajstić information content (AvgIpc) is 3.17. The Bertz CT molecular complexity index is 710. The van der Waals surface area contributed by atoms with Gasteiger partial charge in [0.1, 0.15) is 18.1 Å². The zero-order valence-electron chi connectivity index (χ0n) is 14.9. The number of hydrogen-bond donors (Lipinski definition) is 3. The first-order chi connectivity index (χ1) is 13.0. The van der Waals surface area contributed by atoms with Crippen LogP contribution in [-0.4, -0.2) is 73.2 Å². The van der Waals surface area contributed by atoms with E-state index in [0.29, 0.717) is 39.0 Å². The molecule has 1 aliphatic rings. The molecule has 3 N–H and O–H groups in total. The van der Waals surface area contributed by atoms with E-state index in [9.17, 15) is 15.0 Å². The van der Waals surface area contributed by atoms with Gasteiger partial charge in [-0.05, 0) is 18.4 Å². The molecule has 9 heteroatoms. The Balaban J connectivity index is 0.000000817. The number of carboxylic acid groups (broad SMARTS) is 2. The third-order valence-corrected chi connectivity index (χ3v) is 4.79. The fourth-order valence-electron chi connectivity index (χ4n) is 3.37. The Morgan fingerprint density at radius 1 is 1.22 bits per heavy atom. The van der Waals surface area contributed by atoms with E-state index in [1.54, 1.807) is 12.7 Å². The molecular weight excluding hydrogens is 352 g/mol. The van der Waals surface area contributed by atoms with Crippen LogP contribution in [-0.2, 0) is 22.6 Å². The molecule has 3 rings (SSSR count). The highest BCUT2D eigenvalue weighted by atomic mass is 16.4. The smallest absolute Gasteiger partial charge is 0.313 e. The van der Waals surface area contributed by atoms with Crippen molar-refractivity contribution in [3.63, 3.8) is 0 Å². The van der Waals surface area contributed by atoms with E-state index in [4.69, 9.17) is 9.90 Å². The Hall–Kier alpha value is -2.78. The number of aliphatic hydroxyl groups excluding tert-OH is 1. The van der Waals surface area contributed by atoms with Crippen molar-refractivity contribution in [3.05, 3.63) is 48.5 Å². The molecule has 1 aliphatic heterocycles. The number of piperidine rings is 1. The van der Waals surface area contributed by atoms with Gasteiger partial charge in [-0.15, -0.1) is 10.2 Å². The summed E-state index contributed by atoms with van der Waals surface area (Å²) in [6, 6.07) is 9.51. The molecule has 0 bridgehead atoms. The number of carboxylic acids is 1. The van der Waals surface area contributed by atoms with Crippen molar-refractivity contribution in [1.29, 1.82) is 0 Å². The second-order valence-corrected chi connectivity index (χ2v) is 6.51.